The second-order valence-corrected chi connectivity index (χ2v) is 5.49. The third-order valence-corrected chi connectivity index (χ3v) is 3.80. The first-order chi connectivity index (χ1) is 11.1. The van der Waals surface area contributed by atoms with Crippen LogP contribution in [0.3, 0.4) is 0 Å². The van der Waals surface area contributed by atoms with Crippen LogP contribution in [0, 0.1) is 0 Å². The van der Waals surface area contributed by atoms with Gasteiger partial charge in [0.1, 0.15) is 24.4 Å². The molecule has 0 aromatic carbocycles. The van der Waals surface area contributed by atoms with E-state index in [0.29, 0.717) is 0 Å². The summed E-state index contributed by atoms with van der Waals surface area (Å²) in [6.45, 7) is 0. The molecule has 0 saturated carbocycles. The molecule has 2 heterocycles. The van der Waals surface area contributed by atoms with Crippen molar-refractivity contribution in [3.8, 4) is 0 Å². The fourth-order valence-electron chi connectivity index (χ4n) is 2.47. The third-order valence-electron chi connectivity index (χ3n) is 3.80. The van der Waals surface area contributed by atoms with Gasteiger partial charge in [-0.15, -0.1) is 0 Å². The Kier molecular flexibility index (Phi) is 5.72. The highest BCUT2D eigenvalue weighted by molar-refractivity contribution is 5.73. The van der Waals surface area contributed by atoms with Crippen LogP contribution in [0.1, 0.15) is 6.42 Å². The molecule has 0 spiro atoms. The molecule has 2 aliphatic rings. The molecule has 12 nitrogen and oxygen atoms in total. The summed E-state index contributed by atoms with van der Waals surface area (Å²) in [6.07, 6.45) is -16.6. The molecule has 12 heteroatoms. The number of rotatable bonds is 4. The van der Waals surface area contributed by atoms with Crippen molar-refractivity contribution in [1.82, 2.24) is 0 Å². The molecule has 2 aliphatic heterocycles. The lowest BCUT2D eigenvalue weighted by Crippen LogP contribution is -2.63. The van der Waals surface area contributed by atoms with Crippen LogP contribution in [0.15, 0.2) is 0 Å². The Morgan fingerprint density at radius 3 is 2.04 bits per heavy atom. The molecule has 7 N–H and O–H groups in total. The van der Waals surface area contributed by atoms with E-state index in [9.17, 15) is 35.1 Å². The van der Waals surface area contributed by atoms with Gasteiger partial charge in [-0.25, -0.2) is 9.59 Å². The number of carboxylic acid groups (broad SMARTS) is 2. The van der Waals surface area contributed by atoms with E-state index in [1.807, 2.05) is 0 Å². The van der Waals surface area contributed by atoms with Gasteiger partial charge in [0, 0.05) is 6.42 Å². The Hall–Kier alpha value is -1.38. The molecular formula is C12H18O12. The second kappa shape index (κ2) is 7.25. The zero-order valence-electron chi connectivity index (χ0n) is 12.1. The SMILES string of the molecule is O=C(O)C1C[C@H](O)[C@@H](O)[C@@H](O[C@@H]2[C@H](O)[C@@H](O)[C@@H](O)O[C@@H]2C(=O)O)O1. The molecule has 0 aromatic heterocycles. The number of hydrogen-bond donors (Lipinski definition) is 7. The van der Waals surface area contributed by atoms with Crippen molar-refractivity contribution >= 4 is 11.9 Å². The molecule has 2 fully saturated rings. The first-order valence-electron chi connectivity index (χ1n) is 6.95. The Balaban J connectivity index is 2.18. The van der Waals surface area contributed by atoms with Gasteiger partial charge in [0.05, 0.1) is 6.10 Å². The van der Waals surface area contributed by atoms with Crippen molar-refractivity contribution in [2.45, 2.75) is 61.7 Å². The molecule has 9 atom stereocenters. The maximum absolute atomic E-state index is 11.2. The number of carboxylic acids is 2. The lowest BCUT2D eigenvalue weighted by Gasteiger charge is -2.42. The predicted molar refractivity (Wildman–Crippen MR) is 68.3 cm³/mol. The van der Waals surface area contributed by atoms with Crippen molar-refractivity contribution in [2.75, 3.05) is 0 Å². The summed E-state index contributed by atoms with van der Waals surface area (Å²) in [5.41, 5.74) is 0. The van der Waals surface area contributed by atoms with Crippen LogP contribution in [0.25, 0.3) is 0 Å². The molecule has 2 rings (SSSR count). The Labute approximate surface area is 134 Å². The third kappa shape index (κ3) is 3.65. The number of aliphatic carboxylic acids is 2. The normalized spacial score (nSPS) is 46.5. The molecule has 24 heavy (non-hydrogen) atoms. The maximum atomic E-state index is 11.2. The van der Waals surface area contributed by atoms with Gasteiger partial charge >= 0.3 is 11.9 Å². The van der Waals surface area contributed by atoms with Crippen molar-refractivity contribution in [1.29, 1.82) is 0 Å². The van der Waals surface area contributed by atoms with Gasteiger partial charge in [-0.05, 0) is 0 Å². The van der Waals surface area contributed by atoms with Gasteiger partial charge in [-0.3, -0.25) is 0 Å². The monoisotopic (exact) mass is 354 g/mol. The Bertz CT molecular complexity index is 483. The predicted octanol–water partition coefficient (Wildman–Crippen LogP) is -4.18. The lowest BCUT2D eigenvalue weighted by atomic mass is 9.97. The summed E-state index contributed by atoms with van der Waals surface area (Å²) < 4.78 is 14.6. The molecule has 0 radical (unpaired) electrons. The van der Waals surface area contributed by atoms with Gasteiger partial charge < -0.3 is 50.0 Å². The number of hydrogen-bond acceptors (Lipinski definition) is 10. The largest absolute Gasteiger partial charge is 0.479 e. The van der Waals surface area contributed by atoms with Gasteiger partial charge in [0.2, 0.25) is 0 Å². The summed E-state index contributed by atoms with van der Waals surface area (Å²) >= 11 is 0. The van der Waals surface area contributed by atoms with Gasteiger partial charge in [0.15, 0.2) is 24.8 Å². The van der Waals surface area contributed by atoms with Crippen LogP contribution >= 0.6 is 0 Å². The van der Waals surface area contributed by atoms with Crippen LogP contribution in [-0.4, -0.2) is 103 Å². The number of ether oxygens (including phenoxy) is 3. The smallest absolute Gasteiger partial charge is 0.335 e. The van der Waals surface area contributed by atoms with Crippen LogP contribution in [0.4, 0.5) is 0 Å². The zero-order chi connectivity index (χ0) is 18.2. The Morgan fingerprint density at radius 1 is 0.875 bits per heavy atom. The maximum Gasteiger partial charge on any atom is 0.335 e. The summed E-state index contributed by atoms with van der Waals surface area (Å²) in [7, 11) is 0. The average molecular weight is 354 g/mol. The molecule has 0 bridgehead atoms. The summed E-state index contributed by atoms with van der Waals surface area (Å²) in [6, 6.07) is 0. The minimum absolute atomic E-state index is 0.427. The van der Waals surface area contributed by atoms with Crippen molar-refractivity contribution in [3.63, 3.8) is 0 Å². The summed E-state index contributed by atoms with van der Waals surface area (Å²) in [5, 5.41) is 66.3. The molecule has 1 unspecified atom stereocenters. The molecular weight excluding hydrogens is 336 g/mol. The van der Waals surface area contributed by atoms with E-state index < -0.39 is 73.7 Å². The van der Waals surface area contributed by atoms with Crippen LogP contribution in [0.2, 0.25) is 0 Å². The Morgan fingerprint density at radius 2 is 1.50 bits per heavy atom. The van der Waals surface area contributed by atoms with Crippen molar-refractivity contribution in [2.24, 2.45) is 0 Å². The lowest BCUT2D eigenvalue weighted by molar-refractivity contribution is -0.336. The fourth-order valence-corrected chi connectivity index (χ4v) is 2.47. The van der Waals surface area contributed by atoms with E-state index in [-0.39, 0.29) is 0 Å². The quantitative estimate of drug-likeness (QED) is 0.257. The van der Waals surface area contributed by atoms with E-state index in [0.717, 1.165) is 0 Å². The molecule has 0 amide bonds. The molecule has 138 valence electrons. The highest BCUT2D eigenvalue weighted by Gasteiger charge is 2.51. The standard InChI is InChI=1S/C12H18O12/c13-2-1-3(9(17)18)22-12(4(2)14)24-7-5(15)6(16)11(21)23-8(7)10(19)20/h2-8,11-16,21H,1H2,(H,17,18)(H,19,20)/t2-,3?,4+,5+,6+,7+,8-,11-,12+/m0/s1. The van der Waals surface area contributed by atoms with E-state index >= 15 is 0 Å². The molecule has 0 aromatic rings. The van der Waals surface area contributed by atoms with Crippen molar-refractivity contribution in [3.05, 3.63) is 0 Å². The van der Waals surface area contributed by atoms with E-state index in [4.69, 9.17) is 19.7 Å². The number of aliphatic hydroxyl groups is 5. The van der Waals surface area contributed by atoms with Gasteiger partial charge in [-0.1, -0.05) is 0 Å². The van der Waals surface area contributed by atoms with E-state index in [1.54, 1.807) is 0 Å². The molecule has 0 aliphatic carbocycles. The number of aliphatic hydroxyl groups excluding tert-OH is 5. The highest BCUT2D eigenvalue weighted by atomic mass is 16.7. The van der Waals surface area contributed by atoms with Crippen molar-refractivity contribution < 1.29 is 59.5 Å². The zero-order valence-corrected chi connectivity index (χ0v) is 12.1. The van der Waals surface area contributed by atoms with Crippen LogP contribution < -0.4 is 0 Å². The van der Waals surface area contributed by atoms with Gasteiger partial charge in [0.25, 0.3) is 0 Å². The summed E-state index contributed by atoms with van der Waals surface area (Å²) in [4.78, 5) is 22.1. The first-order valence-corrected chi connectivity index (χ1v) is 6.95. The number of carbonyl (C=O) groups is 2. The second-order valence-electron chi connectivity index (χ2n) is 5.49. The van der Waals surface area contributed by atoms with Gasteiger partial charge in [-0.2, -0.15) is 0 Å². The topological polar surface area (TPSA) is 203 Å². The van der Waals surface area contributed by atoms with E-state index in [1.165, 1.54) is 0 Å². The van der Waals surface area contributed by atoms with Crippen LogP contribution in [-0.2, 0) is 23.8 Å². The minimum atomic E-state index is -1.99. The average Bonchev–Trinajstić information content (AvgIpc) is 2.51. The van der Waals surface area contributed by atoms with Crippen LogP contribution in [0.5, 0.6) is 0 Å². The highest BCUT2D eigenvalue weighted by Crippen LogP contribution is 2.28. The minimum Gasteiger partial charge on any atom is -0.479 e. The fraction of sp³-hybridized carbons (Fsp3) is 0.833. The first kappa shape index (κ1) is 19.0. The summed E-state index contributed by atoms with van der Waals surface area (Å²) in [5.74, 6) is -3.09. The molecule has 2 saturated heterocycles. The van der Waals surface area contributed by atoms with E-state index in [2.05, 4.69) is 4.74 Å².